The largest absolute Gasteiger partial charge is 0.464 e. The second-order valence-electron chi connectivity index (χ2n) is 2.94. The van der Waals surface area contributed by atoms with Crippen molar-refractivity contribution in [2.24, 2.45) is 0 Å². The molecule has 2 aromatic heterocycles. The van der Waals surface area contributed by atoms with Gasteiger partial charge in [0.05, 0.1) is 7.11 Å². The first-order valence-electron chi connectivity index (χ1n) is 4.33. The Morgan fingerprint density at radius 3 is 3.00 bits per heavy atom. The molecule has 84 valence electrons. The Morgan fingerprint density at radius 1 is 1.62 bits per heavy atom. The van der Waals surface area contributed by atoms with Gasteiger partial charge in [-0.15, -0.1) is 0 Å². The fraction of sp³-hybridized carbons (Fsp3) is 0.250. The van der Waals surface area contributed by atoms with E-state index in [-0.39, 0.29) is 23.9 Å². The Labute approximate surface area is 88.5 Å². The van der Waals surface area contributed by atoms with Crippen LogP contribution in [0.2, 0.25) is 0 Å². The van der Waals surface area contributed by atoms with E-state index in [0.717, 1.165) is 10.6 Å². The van der Waals surface area contributed by atoms with Crippen molar-refractivity contribution in [3.8, 4) is 0 Å². The minimum atomic E-state index is -0.715. The van der Waals surface area contributed by atoms with Gasteiger partial charge in [0.2, 0.25) is 0 Å². The highest BCUT2D eigenvalue weighted by Gasteiger charge is 2.12. The van der Waals surface area contributed by atoms with Crippen molar-refractivity contribution >= 4 is 11.7 Å². The monoisotopic (exact) mass is 224 g/mol. The number of carbonyl (C=O) groups excluding carboxylic acids is 1. The van der Waals surface area contributed by atoms with E-state index in [1.807, 2.05) is 0 Å². The standard InChI is InChI=1S/C8H8N4O4/c1-16-7(15)4-2-6(14)12-8(9-4)10-5(3-13)11-12/h2,13H,3H2,1H3,(H,9,10,11). The predicted molar refractivity (Wildman–Crippen MR) is 50.9 cm³/mol. The van der Waals surface area contributed by atoms with E-state index < -0.39 is 11.5 Å². The molecular formula is C8H8N4O4. The van der Waals surface area contributed by atoms with Gasteiger partial charge in [0.25, 0.3) is 11.3 Å². The number of aliphatic hydroxyl groups excluding tert-OH is 1. The van der Waals surface area contributed by atoms with Crippen molar-refractivity contribution in [3.05, 3.63) is 27.9 Å². The summed E-state index contributed by atoms with van der Waals surface area (Å²) in [5.41, 5.74) is -0.624. The molecule has 0 aliphatic heterocycles. The predicted octanol–water partition coefficient (Wildman–Crippen LogP) is -1.30. The first-order valence-corrected chi connectivity index (χ1v) is 4.33. The molecule has 0 radical (unpaired) electrons. The van der Waals surface area contributed by atoms with Gasteiger partial charge in [-0.1, -0.05) is 0 Å². The molecule has 0 fully saturated rings. The molecule has 0 bridgehead atoms. The van der Waals surface area contributed by atoms with E-state index in [1.165, 1.54) is 7.11 Å². The quantitative estimate of drug-likeness (QED) is 0.613. The number of nitrogens with one attached hydrogen (secondary N) is 1. The Hall–Kier alpha value is -2.22. The second-order valence-corrected chi connectivity index (χ2v) is 2.94. The highest BCUT2D eigenvalue weighted by Crippen LogP contribution is 1.98. The molecule has 0 amide bonds. The molecule has 2 rings (SSSR count). The summed E-state index contributed by atoms with van der Waals surface area (Å²) in [4.78, 5) is 30.3. The molecule has 0 aromatic carbocycles. The fourth-order valence-corrected chi connectivity index (χ4v) is 1.20. The first kappa shape index (κ1) is 10.3. The summed E-state index contributed by atoms with van der Waals surface area (Å²) < 4.78 is 5.46. The maximum atomic E-state index is 11.5. The van der Waals surface area contributed by atoms with Crippen LogP contribution in [0.3, 0.4) is 0 Å². The molecule has 8 nitrogen and oxygen atoms in total. The molecule has 0 unspecified atom stereocenters. The van der Waals surface area contributed by atoms with Gasteiger partial charge >= 0.3 is 5.97 Å². The minimum Gasteiger partial charge on any atom is -0.464 e. The number of methoxy groups -OCH3 is 1. The fourth-order valence-electron chi connectivity index (χ4n) is 1.20. The Morgan fingerprint density at radius 2 is 2.38 bits per heavy atom. The minimum absolute atomic E-state index is 0.0111. The number of aliphatic hydroxyl groups is 1. The van der Waals surface area contributed by atoms with Gasteiger partial charge in [0.15, 0.2) is 11.5 Å². The molecule has 8 heteroatoms. The summed E-state index contributed by atoms with van der Waals surface area (Å²) in [5.74, 6) is -0.517. The van der Waals surface area contributed by atoms with Crippen LogP contribution in [0, 0.1) is 0 Å². The lowest BCUT2D eigenvalue weighted by molar-refractivity contribution is 0.0594. The summed E-state index contributed by atoms with van der Waals surface area (Å²) >= 11 is 0. The summed E-state index contributed by atoms with van der Waals surface area (Å²) in [5, 5.41) is 11.4. The van der Waals surface area contributed by atoms with Crippen LogP contribution >= 0.6 is 0 Å². The molecule has 2 N–H and O–H groups in total. The third-order valence-electron chi connectivity index (χ3n) is 1.92. The molecule has 2 heterocycles. The van der Waals surface area contributed by atoms with Gasteiger partial charge in [0.1, 0.15) is 6.61 Å². The van der Waals surface area contributed by atoms with Crippen LogP contribution < -0.4 is 5.56 Å². The summed E-state index contributed by atoms with van der Waals surface area (Å²) in [6.07, 6.45) is 0. The zero-order valence-electron chi connectivity index (χ0n) is 8.30. The second kappa shape index (κ2) is 3.74. The van der Waals surface area contributed by atoms with Crippen LogP contribution in [-0.4, -0.2) is 37.8 Å². The molecule has 0 saturated carbocycles. The van der Waals surface area contributed by atoms with Gasteiger partial charge < -0.3 is 9.84 Å². The van der Waals surface area contributed by atoms with E-state index in [1.54, 1.807) is 0 Å². The third-order valence-corrected chi connectivity index (χ3v) is 1.92. The van der Waals surface area contributed by atoms with Crippen molar-refractivity contribution in [2.75, 3.05) is 7.11 Å². The SMILES string of the molecule is COC(=O)c1cc(=O)n2[nH]c(CO)nc2n1. The van der Waals surface area contributed by atoms with Crippen molar-refractivity contribution in [1.29, 1.82) is 0 Å². The van der Waals surface area contributed by atoms with Gasteiger partial charge in [-0.05, 0) is 0 Å². The lowest BCUT2D eigenvalue weighted by Gasteiger charge is -1.96. The molecule has 0 aliphatic carbocycles. The van der Waals surface area contributed by atoms with E-state index in [9.17, 15) is 9.59 Å². The van der Waals surface area contributed by atoms with Crippen molar-refractivity contribution in [2.45, 2.75) is 6.61 Å². The average Bonchev–Trinajstić information content (AvgIpc) is 2.71. The van der Waals surface area contributed by atoms with Crippen LogP contribution in [0.5, 0.6) is 0 Å². The molecule has 2 aromatic rings. The van der Waals surface area contributed by atoms with Crippen molar-refractivity contribution in [3.63, 3.8) is 0 Å². The van der Waals surface area contributed by atoms with Gasteiger partial charge in [-0.3, -0.25) is 9.89 Å². The zero-order chi connectivity index (χ0) is 11.7. The van der Waals surface area contributed by atoms with Gasteiger partial charge in [-0.2, -0.15) is 9.50 Å². The third kappa shape index (κ3) is 1.54. The smallest absolute Gasteiger partial charge is 0.357 e. The molecule has 0 aliphatic rings. The highest BCUT2D eigenvalue weighted by atomic mass is 16.5. The first-order chi connectivity index (χ1) is 7.65. The van der Waals surface area contributed by atoms with Crippen LogP contribution in [0.15, 0.2) is 10.9 Å². The number of hydrogen-bond donors (Lipinski definition) is 2. The molecule has 0 atom stereocenters. The number of fused-ring (bicyclic) bond motifs is 1. The number of aromatic nitrogens is 4. The van der Waals surface area contributed by atoms with Crippen LogP contribution in [0.4, 0.5) is 0 Å². The number of nitrogens with zero attached hydrogens (tertiary/aromatic N) is 3. The topological polar surface area (TPSA) is 110 Å². The average molecular weight is 224 g/mol. The number of hydrogen-bond acceptors (Lipinski definition) is 6. The van der Waals surface area contributed by atoms with E-state index >= 15 is 0 Å². The summed E-state index contributed by atoms with van der Waals surface area (Å²) in [7, 11) is 1.19. The van der Waals surface area contributed by atoms with E-state index in [0.29, 0.717) is 0 Å². The normalized spacial score (nSPS) is 10.6. The number of esters is 1. The maximum Gasteiger partial charge on any atom is 0.357 e. The highest BCUT2D eigenvalue weighted by molar-refractivity contribution is 5.87. The number of carbonyl (C=O) groups is 1. The van der Waals surface area contributed by atoms with Gasteiger partial charge in [-0.25, -0.2) is 9.78 Å². The van der Waals surface area contributed by atoms with Crippen molar-refractivity contribution < 1.29 is 14.6 Å². The molecule has 0 saturated heterocycles. The van der Waals surface area contributed by atoms with Crippen LogP contribution in [0.1, 0.15) is 16.3 Å². The van der Waals surface area contributed by atoms with E-state index in [4.69, 9.17) is 5.11 Å². The molecular weight excluding hydrogens is 216 g/mol. The summed E-state index contributed by atoms with van der Waals surface area (Å²) in [6, 6.07) is 1.03. The van der Waals surface area contributed by atoms with Gasteiger partial charge in [0, 0.05) is 6.07 Å². The van der Waals surface area contributed by atoms with Crippen LogP contribution in [-0.2, 0) is 11.3 Å². The zero-order valence-corrected chi connectivity index (χ0v) is 8.30. The Kier molecular flexibility index (Phi) is 2.41. The van der Waals surface area contributed by atoms with E-state index in [2.05, 4.69) is 19.8 Å². The number of rotatable bonds is 2. The lowest BCUT2D eigenvalue weighted by atomic mass is 10.4. The van der Waals surface area contributed by atoms with Crippen LogP contribution in [0.25, 0.3) is 5.78 Å². The molecule has 0 spiro atoms. The maximum absolute atomic E-state index is 11.5. The molecule has 16 heavy (non-hydrogen) atoms. The summed E-state index contributed by atoms with van der Waals surface area (Å²) in [6.45, 7) is -0.351. The Balaban J connectivity index is 2.66. The number of H-pyrrole nitrogens is 1. The number of aromatic amines is 1. The van der Waals surface area contributed by atoms with Crippen molar-refractivity contribution in [1.82, 2.24) is 19.6 Å². The lowest BCUT2D eigenvalue weighted by Crippen LogP contribution is -2.18. The number of ether oxygens (including phenoxy) is 1. The Bertz CT molecular complexity index is 600.